The number of non-ortho nitro benzene ring substituents is 1. The van der Waals surface area contributed by atoms with Crippen LogP contribution in [0.5, 0.6) is 5.75 Å². The number of benzene rings is 3. The van der Waals surface area contributed by atoms with Gasteiger partial charge in [0.05, 0.1) is 51.5 Å². The molecule has 0 unspecified atom stereocenters. The molecule has 0 aromatic heterocycles. The average Bonchev–Trinajstić information content (AvgIpc) is 2.93. The van der Waals surface area contributed by atoms with Gasteiger partial charge in [-0.25, -0.2) is 0 Å². The fourth-order valence-corrected chi connectivity index (χ4v) is 5.87. The number of methoxy groups -OCH3 is 1. The second-order valence-corrected chi connectivity index (χ2v) is 13.7. The number of nitro groups is 2. The van der Waals surface area contributed by atoms with Crippen molar-refractivity contribution in [2.45, 2.75) is 16.7 Å². The predicted molar refractivity (Wildman–Crippen MR) is 161 cm³/mol. The minimum absolute atomic E-state index is 0.0839. The highest BCUT2D eigenvalue weighted by atomic mass is 32.2. The van der Waals surface area contributed by atoms with Crippen molar-refractivity contribution in [1.82, 2.24) is 0 Å². The summed E-state index contributed by atoms with van der Waals surface area (Å²) in [7, 11) is -11.9. The van der Waals surface area contributed by atoms with E-state index < -0.39 is 72.8 Å². The number of nitro benzene ring substituents is 2. The molecule has 0 aliphatic heterocycles. The van der Waals surface area contributed by atoms with Gasteiger partial charge in [-0.2, -0.15) is 35.5 Å². The van der Waals surface area contributed by atoms with Gasteiger partial charge in [0.25, 0.3) is 36.0 Å². The molecule has 0 saturated heterocycles. The number of ether oxygens (including phenoxy) is 1. The third-order valence-electron chi connectivity index (χ3n) is 6.12. The van der Waals surface area contributed by atoms with Crippen LogP contribution in [0.2, 0.25) is 0 Å². The lowest BCUT2D eigenvalue weighted by Crippen LogP contribution is -2.26. The van der Waals surface area contributed by atoms with Gasteiger partial charge in [0.1, 0.15) is 21.2 Å². The Labute approximate surface area is 260 Å². The summed E-state index contributed by atoms with van der Waals surface area (Å²) in [5, 5.41) is 33.4. The van der Waals surface area contributed by atoms with Crippen molar-refractivity contribution >= 4 is 70.2 Å². The maximum Gasteiger partial charge on any atom is 0.300 e. The minimum atomic E-state index is -5.22. The van der Waals surface area contributed by atoms with Gasteiger partial charge in [-0.3, -0.25) is 33.9 Å². The second-order valence-electron chi connectivity index (χ2n) is 9.33. The summed E-state index contributed by atoms with van der Waals surface area (Å²) in [4.78, 5) is 20.1. The van der Waals surface area contributed by atoms with Crippen LogP contribution in [0.1, 0.15) is 5.56 Å². The zero-order valence-electron chi connectivity index (χ0n) is 23.7. The molecule has 3 rings (SSSR count). The molecule has 0 spiro atoms. The van der Waals surface area contributed by atoms with Crippen LogP contribution < -0.4 is 15.0 Å². The number of anilines is 3. The predicted octanol–water partition coefficient (Wildman–Crippen LogP) is 3.80. The van der Waals surface area contributed by atoms with E-state index in [1.807, 2.05) is 0 Å². The van der Waals surface area contributed by atoms with Crippen LogP contribution in [0, 0.1) is 27.2 Å². The molecule has 3 aromatic rings. The van der Waals surface area contributed by atoms with Gasteiger partial charge in [-0.15, -0.1) is 0 Å². The number of nitrogens with one attached hydrogen (secondary N) is 1. The normalized spacial score (nSPS) is 12.2. The van der Waals surface area contributed by atoms with Crippen LogP contribution in [-0.4, -0.2) is 75.2 Å². The summed E-state index contributed by atoms with van der Waals surface area (Å²) >= 11 is 0. The van der Waals surface area contributed by atoms with Gasteiger partial charge < -0.3 is 15.0 Å². The summed E-state index contributed by atoms with van der Waals surface area (Å²) in [5.74, 6) is -0.820. The Morgan fingerprint density at radius 3 is 2.04 bits per heavy atom. The van der Waals surface area contributed by atoms with Crippen molar-refractivity contribution in [3.8, 4) is 5.75 Å². The van der Waals surface area contributed by atoms with E-state index in [1.54, 1.807) is 0 Å². The number of aryl methyl sites for hydroxylation is 1. The third-order valence-corrected chi connectivity index (χ3v) is 8.58. The topological polar surface area (TPSA) is 299 Å². The highest BCUT2D eigenvalue weighted by molar-refractivity contribution is 7.86. The van der Waals surface area contributed by atoms with Crippen molar-refractivity contribution in [1.29, 1.82) is 0 Å². The van der Waals surface area contributed by atoms with Crippen LogP contribution in [0.25, 0.3) is 0 Å². The first-order valence-electron chi connectivity index (χ1n) is 12.2. The van der Waals surface area contributed by atoms with Gasteiger partial charge in [0, 0.05) is 25.7 Å². The quantitative estimate of drug-likeness (QED) is 0.0851. The number of rotatable bonds is 13. The molecule has 3 aromatic carbocycles. The highest BCUT2D eigenvalue weighted by Gasteiger charge is 2.31. The lowest BCUT2D eigenvalue weighted by Gasteiger charge is -2.21. The molecular weight excluding hydrogens is 680 g/mol. The van der Waals surface area contributed by atoms with Crippen molar-refractivity contribution in [3.63, 3.8) is 0 Å². The Morgan fingerprint density at radius 1 is 0.891 bits per heavy atom. The Bertz CT molecular complexity index is 2080. The fourth-order valence-electron chi connectivity index (χ4n) is 3.92. The number of hydrogen-bond donors (Lipinski definition) is 4. The minimum Gasteiger partial charge on any atom is -0.494 e. The van der Waals surface area contributed by atoms with E-state index in [2.05, 4.69) is 15.5 Å². The van der Waals surface area contributed by atoms with E-state index in [0.29, 0.717) is 17.7 Å². The molecule has 46 heavy (non-hydrogen) atoms. The van der Waals surface area contributed by atoms with Crippen LogP contribution in [0.15, 0.2) is 62.5 Å². The van der Waals surface area contributed by atoms with Gasteiger partial charge in [-0.1, -0.05) is 0 Å². The number of nitrogens with zero attached hydrogens (tertiary/aromatic N) is 5. The Kier molecular flexibility index (Phi) is 10.3. The van der Waals surface area contributed by atoms with E-state index in [9.17, 15) is 54.6 Å². The average molecular weight is 705 g/mol. The molecule has 0 aliphatic rings. The SMILES string of the molecule is COc1cc(N=Nc2ccc(N(C)CCS(=O)(=O)O)c(S(=O)(=O)O)c2)c(C)cc1Nc1c([N+](=O)[O-])cc([N+](=O)[O-])cc1S(=O)(=O)O. The smallest absolute Gasteiger partial charge is 0.300 e. The van der Waals surface area contributed by atoms with Gasteiger partial charge in [0.15, 0.2) is 0 Å². The van der Waals surface area contributed by atoms with E-state index in [1.165, 1.54) is 50.2 Å². The zero-order valence-corrected chi connectivity index (χ0v) is 26.2. The molecule has 0 aliphatic carbocycles. The molecule has 4 N–H and O–H groups in total. The van der Waals surface area contributed by atoms with Crippen LogP contribution in [0.3, 0.4) is 0 Å². The Hall–Kier alpha value is -4.81. The molecule has 23 heteroatoms. The maximum atomic E-state index is 12.1. The first-order chi connectivity index (χ1) is 21.1. The third kappa shape index (κ3) is 8.67. The van der Waals surface area contributed by atoms with Crippen LogP contribution in [0.4, 0.5) is 39.8 Å². The fraction of sp³-hybridized carbons (Fsp3) is 0.217. The summed E-state index contributed by atoms with van der Waals surface area (Å²) in [6.07, 6.45) is 0. The molecule has 20 nitrogen and oxygen atoms in total. The molecule has 0 heterocycles. The maximum absolute atomic E-state index is 12.1. The van der Waals surface area contributed by atoms with Crippen molar-refractivity contribution in [2.24, 2.45) is 10.2 Å². The molecule has 0 atom stereocenters. The summed E-state index contributed by atoms with van der Waals surface area (Å²) in [6, 6.07) is 6.94. The van der Waals surface area contributed by atoms with Crippen molar-refractivity contribution < 1.29 is 53.5 Å². The van der Waals surface area contributed by atoms with Crippen molar-refractivity contribution in [2.75, 3.05) is 36.7 Å². The van der Waals surface area contributed by atoms with E-state index in [0.717, 1.165) is 6.07 Å². The highest BCUT2D eigenvalue weighted by Crippen LogP contribution is 2.42. The van der Waals surface area contributed by atoms with E-state index >= 15 is 0 Å². The standard InChI is InChI=1S/C23H24N6O14S3/c1-13-8-17(24-23-19(29(32)33)10-15(28(30)31)11-22(23)46(40,41)42)20(43-3)12-16(13)26-25-14-4-5-18(21(9-14)45(37,38)39)27(2)6-7-44(34,35)36/h4-5,8-12,24H,6-7H2,1-3H3,(H,34,35,36)(H,37,38,39)(H,40,41,42). The van der Waals surface area contributed by atoms with Crippen molar-refractivity contribution in [3.05, 3.63) is 68.3 Å². The Morgan fingerprint density at radius 2 is 1.52 bits per heavy atom. The largest absolute Gasteiger partial charge is 0.494 e. The number of hydrogen-bond acceptors (Lipinski definition) is 15. The lowest BCUT2D eigenvalue weighted by atomic mass is 10.1. The molecule has 0 bridgehead atoms. The monoisotopic (exact) mass is 704 g/mol. The van der Waals surface area contributed by atoms with E-state index in [4.69, 9.17) is 9.29 Å². The summed E-state index contributed by atoms with van der Waals surface area (Å²) in [5.41, 5.74) is -2.72. The lowest BCUT2D eigenvalue weighted by molar-refractivity contribution is -0.393. The van der Waals surface area contributed by atoms with Crippen LogP contribution >= 0.6 is 0 Å². The number of azo groups is 1. The zero-order chi connectivity index (χ0) is 34.8. The summed E-state index contributed by atoms with van der Waals surface area (Å²) < 4.78 is 104. The molecule has 0 fully saturated rings. The van der Waals surface area contributed by atoms with Gasteiger partial charge in [0.2, 0.25) is 0 Å². The van der Waals surface area contributed by atoms with Gasteiger partial charge >= 0.3 is 5.69 Å². The molecule has 0 radical (unpaired) electrons. The second kappa shape index (κ2) is 13.3. The molecule has 0 amide bonds. The first kappa shape index (κ1) is 35.7. The molecular formula is C23H24N6O14S3. The summed E-state index contributed by atoms with van der Waals surface area (Å²) in [6.45, 7) is 1.17. The van der Waals surface area contributed by atoms with Gasteiger partial charge in [-0.05, 0) is 36.8 Å². The molecule has 248 valence electrons. The van der Waals surface area contributed by atoms with Crippen LogP contribution in [-0.2, 0) is 30.4 Å². The molecule has 0 saturated carbocycles. The van der Waals surface area contributed by atoms with E-state index in [-0.39, 0.29) is 35.0 Å². The Balaban J connectivity index is 2.06. The first-order valence-corrected chi connectivity index (χ1v) is 16.7.